The Labute approximate surface area is 842 Å². The van der Waals surface area contributed by atoms with E-state index in [9.17, 15) is 54.0 Å². The second-order valence-electron chi connectivity index (χ2n) is 32.8. The largest absolute Gasteiger partial charge is 0.460 e. The molecular weight excluding hydrogens is 1910 g/mol. The average Bonchev–Trinajstić information content (AvgIpc) is 1.63. The molecule has 32 nitrogen and oxygen atoms in total. The molecule has 11 aromatic rings. The normalized spacial score (nSPS) is 14.5. The summed E-state index contributed by atoms with van der Waals surface area (Å²) in [6.45, 7) is 5.81. The van der Waals surface area contributed by atoms with Crippen LogP contribution in [0.4, 0.5) is 39.8 Å². The molecule has 145 heavy (non-hydrogen) atoms. The number of rotatable bonds is 37. The number of aryl methyl sites for hydroxylation is 1. The van der Waals surface area contributed by atoms with E-state index in [1.165, 1.54) is 67.8 Å². The predicted octanol–water partition coefficient (Wildman–Crippen LogP) is 17.3. The van der Waals surface area contributed by atoms with E-state index >= 15 is 0 Å². The van der Waals surface area contributed by atoms with Crippen molar-refractivity contribution in [1.29, 1.82) is 0 Å². The maximum Gasteiger partial charge on any atom is 0.368 e. The fourth-order valence-corrected chi connectivity index (χ4v) is 17.0. The van der Waals surface area contributed by atoms with Crippen molar-refractivity contribution in [2.24, 2.45) is 20.6 Å². The van der Waals surface area contributed by atoms with Gasteiger partial charge in [0, 0.05) is 132 Å². The molecule has 4 heterocycles. The van der Waals surface area contributed by atoms with Crippen LogP contribution in [-0.2, 0) is 92.3 Å². The molecule has 15 rings (SSSR count). The smallest absolute Gasteiger partial charge is 0.368 e. The molecule has 0 bridgehead atoms. The molecule has 3 N–H and O–H groups in total. The van der Waals surface area contributed by atoms with Gasteiger partial charge >= 0.3 is 35.8 Å². The lowest BCUT2D eigenvalue weighted by atomic mass is 10.0. The Morgan fingerprint density at radius 1 is 0.324 bits per heavy atom. The maximum absolute atomic E-state index is 13.1. The van der Waals surface area contributed by atoms with Gasteiger partial charge < -0.3 is 62.6 Å². The van der Waals surface area contributed by atoms with Gasteiger partial charge in [-0.25, -0.2) is 54.0 Å². The molecule has 0 fully saturated rings. The molecule has 0 unspecified atom stereocenters. The highest BCUT2D eigenvalue weighted by Gasteiger charge is 2.32. The summed E-state index contributed by atoms with van der Waals surface area (Å²) in [5.41, 5.74) is 16.2. The molecule has 0 atom stereocenters. The number of sulfonamides is 3. The standard InChI is InChI=1S/C33H35N3O8S.C30H29N3O7S.C26H23N3O4S.C21H20N2O2/c1-4-41-19-20-42-21-22-43-32(37)26-8-6-9-29(23-26)45(39,40)35-27-15-13-25(14-16-27)31-30(33(38)44-34-31)10-5-7-24-11-17-28(18-12-24)36(2)3;1-33(2)25-16-10-21(11-17-25)6-4-9-27-28(31-40-30(27)35)22-12-14-24(15-13-22)32-41(36,37)26-8-5-7-23(20-26)29(34)39-19-18-38-3;1-29(2)22-17-11-19(12-18-22)7-6-10-24-25(27-33-26(24)30)20-13-15-21(16-14-20)28-34(31,32)23-8-4-3-5-9-23;1-15-6-4-8-17(14-15)20-19(21(24)25-22-20)9-5-7-16-10-12-18(13-11-16)23(2)3/h5-18,23,35H,4,19-22H2,1-3H3;4-17,20,32H,18-19H2,1-3H3;3-18,28H,1-2H3;4-14H,1-3H3/b7-5+,30-10?;6-4+,27-9?;7-6+,24-10?;. The number of allylic oxidation sites excluding steroid dienone is 8. The number of carbonyl (C=O) groups excluding carboxylic acids is 6. The Kier molecular flexibility index (Phi) is 38.0. The van der Waals surface area contributed by atoms with Crippen molar-refractivity contribution in [2.45, 2.75) is 28.5 Å². The zero-order valence-electron chi connectivity index (χ0n) is 81.2. The highest BCUT2D eigenvalue weighted by Crippen LogP contribution is 2.30. The molecule has 0 saturated carbocycles. The van der Waals surface area contributed by atoms with Crippen LogP contribution in [0.15, 0.2) is 379 Å². The Morgan fingerprint density at radius 3 is 0.924 bits per heavy atom. The van der Waals surface area contributed by atoms with Crippen LogP contribution < -0.4 is 33.8 Å². The number of benzene rings is 11. The summed E-state index contributed by atoms with van der Waals surface area (Å²) < 4.78 is 110. The number of anilines is 7. The van der Waals surface area contributed by atoms with Crippen molar-refractivity contribution in [3.05, 3.63) is 405 Å². The number of nitrogens with one attached hydrogen (secondary N) is 3. The van der Waals surface area contributed by atoms with Crippen LogP contribution >= 0.6 is 0 Å². The topological polar surface area (TPSA) is 386 Å². The minimum atomic E-state index is -4.03. The zero-order valence-corrected chi connectivity index (χ0v) is 83.7. The van der Waals surface area contributed by atoms with Gasteiger partial charge in [-0.15, -0.1) is 0 Å². The van der Waals surface area contributed by atoms with E-state index in [0.717, 1.165) is 56.1 Å². The third-order valence-corrected chi connectivity index (χ3v) is 25.7. The molecule has 0 aromatic heterocycles. The van der Waals surface area contributed by atoms with Crippen LogP contribution in [0.5, 0.6) is 0 Å². The van der Waals surface area contributed by atoms with E-state index in [2.05, 4.69) is 51.8 Å². The van der Waals surface area contributed by atoms with E-state index in [-0.39, 0.29) is 74.8 Å². The first-order valence-electron chi connectivity index (χ1n) is 45.3. The Bertz CT molecular complexity index is 7240. The van der Waals surface area contributed by atoms with Gasteiger partial charge in [0.05, 0.1) is 74.5 Å². The second kappa shape index (κ2) is 51.5. The molecule has 35 heteroatoms. The lowest BCUT2D eigenvalue weighted by Gasteiger charge is -2.11. The van der Waals surface area contributed by atoms with E-state index in [4.69, 9.17) is 43.0 Å². The van der Waals surface area contributed by atoms with Gasteiger partial charge in [-0.2, -0.15) is 0 Å². The lowest BCUT2D eigenvalue weighted by molar-refractivity contribution is -0.137. The predicted molar refractivity (Wildman–Crippen MR) is 564 cm³/mol. The zero-order chi connectivity index (χ0) is 104. The summed E-state index contributed by atoms with van der Waals surface area (Å²) in [6, 6.07) is 78.3. The number of hydrogen-bond acceptors (Lipinski definition) is 29. The van der Waals surface area contributed by atoms with Crippen LogP contribution in [0.25, 0.3) is 24.3 Å². The number of ether oxygens (including phenoxy) is 5. The first-order chi connectivity index (χ1) is 69.7. The quantitative estimate of drug-likeness (QED) is 0.0141. The minimum Gasteiger partial charge on any atom is -0.460 e. The lowest BCUT2D eigenvalue weighted by Crippen LogP contribution is -2.15. The summed E-state index contributed by atoms with van der Waals surface area (Å²) in [5.74, 6) is -3.47. The number of methoxy groups -OCH3 is 1. The van der Waals surface area contributed by atoms with E-state index in [1.54, 1.807) is 134 Å². The van der Waals surface area contributed by atoms with E-state index < -0.39 is 65.9 Å². The summed E-state index contributed by atoms with van der Waals surface area (Å²) >= 11 is 0. The van der Waals surface area contributed by atoms with Gasteiger partial charge in [0.1, 0.15) is 36.1 Å². The van der Waals surface area contributed by atoms with E-state index in [0.29, 0.717) is 76.2 Å². The third kappa shape index (κ3) is 30.8. The SMILES string of the molecule is CCOCCOCCOC(=O)c1cccc(S(=O)(=O)Nc2ccc(C3=NOC(=O)C3=C/C=C/c3ccc(N(C)C)cc3)cc2)c1.CN(C)c1ccc(/C=C/C=C2C(=O)ON=C2c2ccc(NS(=O)(=O)c3ccccc3)cc2)cc1.COCCOC(=O)c1cccc(S(=O)(=O)Nc2ccc(C3=NOC(=O)C3=C/C=C/c3ccc(N(C)C)cc3)cc2)c1.Cc1cccc(C2=NOC(=O)C2=CC=Cc2ccc(N(C)C)cc2)c1. The highest BCUT2D eigenvalue weighted by molar-refractivity contribution is 7.93. The Balaban J connectivity index is 0.000000175. The van der Waals surface area contributed by atoms with Crippen molar-refractivity contribution < 1.29 is 97.1 Å². The second-order valence-corrected chi connectivity index (χ2v) is 37.9. The number of esters is 2. The van der Waals surface area contributed by atoms with Crippen LogP contribution in [0.1, 0.15) is 77.7 Å². The molecule has 0 spiro atoms. The molecule has 4 aliphatic heterocycles. The molecule has 0 saturated heterocycles. The first-order valence-corrected chi connectivity index (χ1v) is 49.7. The van der Waals surface area contributed by atoms with Crippen LogP contribution in [0.3, 0.4) is 0 Å². The van der Waals surface area contributed by atoms with Gasteiger partial charge in [-0.05, 0) is 200 Å². The van der Waals surface area contributed by atoms with E-state index in [1.807, 2.05) is 225 Å². The molecule has 4 aliphatic rings. The third-order valence-electron chi connectivity index (χ3n) is 21.5. The van der Waals surface area contributed by atoms with Gasteiger partial charge in [-0.3, -0.25) is 14.2 Å². The monoisotopic (exact) mass is 2010 g/mol. The minimum absolute atomic E-state index is 0.0203. The fraction of sp³-hybridized carbons (Fsp3) is 0.164. The van der Waals surface area contributed by atoms with Gasteiger partial charge in [0.15, 0.2) is 0 Å². The molecule has 0 radical (unpaired) electrons. The van der Waals surface area contributed by atoms with Gasteiger partial charge in [-0.1, -0.05) is 208 Å². The van der Waals surface area contributed by atoms with Crippen molar-refractivity contribution >= 4 is 153 Å². The number of oxime groups is 4. The molecular formula is C110H107N11O21S3. The average molecular weight is 2020 g/mol. The summed E-state index contributed by atoms with van der Waals surface area (Å²) in [4.78, 5) is 101. The van der Waals surface area contributed by atoms with Crippen LogP contribution in [0, 0.1) is 6.92 Å². The van der Waals surface area contributed by atoms with Crippen LogP contribution in [0.2, 0.25) is 0 Å². The number of carbonyl (C=O) groups is 6. The van der Waals surface area contributed by atoms with Gasteiger partial charge in [0.25, 0.3) is 30.1 Å². The summed E-state index contributed by atoms with van der Waals surface area (Å²) in [6.07, 6.45) is 21.3. The molecule has 0 aliphatic carbocycles. The Morgan fingerprint density at radius 2 is 0.614 bits per heavy atom. The van der Waals surface area contributed by atoms with Crippen molar-refractivity contribution in [1.82, 2.24) is 0 Å². The van der Waals surface area contributed by atoms with Crippen LogP contribution in [-0.4, -0.2) is 194 Å². The van der Waals surface area contributed by atoms with Crippen molar-refractivity contribution in [2.75, 3.05) is 144 Å². The summed E-state index contributed by atoms with van der Waals surface area (Å²) in [5, 5.41) is 15.6. The van der Waals surface area contributed by atoms with Crippen molar-refractivity contribution in [3.8, 4) is 0 Å². The number of hydrogen-bond donors (Lipinski definition) is 3. The first kappa shape index (κ1) is 107. The highest BCUT2D eigenvalue weighted by atomic mass is 32.2. The molecule has 11 aromatic carbocycles. The number of nitrogens with zero attached hydrogens (tertiary/aromatic N) is 8. The van der Waals surface area contributed by atoms with Crippen molar-refractivity contribution in [3.63, 3.8) is 0 Å². The Hall–Kier alpha value is -16.8. The van der Waals surface area contributed by atoms with Gasteiger partial charge in [0.2, 0.25) is 0 Å². The maximum atomic E-state index is 13.1. The fourth-order valence-electron chi connectivity index (χ4n) is 13.8. The molecule has 0 amide bonds. The molecule has 746 valence electrons. The summed E-state index contributed by atoms with van der Waals surface area (Å²) in [7, 11) is 5.59.